The molecule has 2 amide bonds. The van der Waals surface area contributed by atoms with Crippen molar-refractivity contribution in [2.75, 3.05) is 20.3 Å². The summed E-state index contributed by atoms with van der Waals surface area (Å²) in [5.74, 6) is -1.60. The van der Waals surface area contributed by atoms with Crippen LogP contribution in [0.5, 0.6) is 5.75 Å². The summed E-state index contributed by atoms with van der Waals surface area (Å²) in [4.78, 5) is 27.9. The Morgan fingerprint density at radius 3 is 2.45 bits per heavy atom. The van der Waals surface area contributed by atoms with Crippen LogP contribution in [0, 0.1) is 5.82 Å². The zero-order valence-corrected chi connectivity index (χ0v) is 17.7. The lowest BCUT2D eigenvalue weighted by atomic mass is 9.98. The minimum atomic E-state index is -0.847. The van der Waals surface area contributed by atoms with Gasteiger partial charge in [-0.15, -0.1) is 0 Å². The van der Waals surface area contributed by atoms with Crippen LogP contribution < -0.4 is 15.8 Å². The Balaban J connectivity index is 1.97. The lowest BCUT2D eigenvalue weighted by Gasteiger charge is -2.15. The van der Waals surface area contributed by atoms with Crippen LogP contribution in [0.3, 0.4) is 0 Å². The Bertz CT molecular complexity index is 1380. The number of aliphatic hydroxyl groups is 2. The maximum atomic E-state index is 14.4. The molecule has 8 nitrogen and oxygen atoms in total. The molecule has 170 valence electrons. The molecule has 1 aromatic heterocycles. The fraction of sp³-hybridized carbons (Fsp3) is 0.167. The second kappa shape index (κ2) is 8.89. The highest BCUT2D eigenvalue weighted by molar-refractivity contribution is 6.17. The summed E-state index contributed by atoms with van der Waals surface area (Å²) in [5.41, 5.74) is 8.16. The lowest BCUT2D eigenvalue weighted by molar-refractivity contribution is 0.0880. The number of carbonyl (C=O) groups is 2. The van der Waals surface area contributed by atoms with E-state index in [-0.39, 0.29) is 11.3 Å². The average Bonchev–Trinajstić information content (AvgIpc) is 3.19. The summed E-state index contributed by atoms with van der Waals surface area (Å²) in [6, 6.07) is 11.9. The third kappa shape index (κ3) is 4.11. The van der Waals surface area contributed by atoms with Crippen LogP contribution in [0.2, 0.25) is 0 Å². The van der Waals surface area contributed by atoms with Crippen molar-refractivity contribution in [2.45, 2.75) is 6.04 Å². The van der Waals surface area contributed by atoms with E-state index in [2.05, 4.69) is 10.3 Å². The largest absolute Gasteiger partial charge is 0.494 e. The number of carbonyl (C=O) groups excluding carboxylic acids is 2. The van der Waals surface area contributed by atoms with E-state index in [1.807, 2.05) is 0 Å². The van der Waals surface area contributed by atoms with Gasteiger partial charge in [-0.05, 0) is 53.6 Å². The third-order valence-corrected chi connectivity index (χ3v) is 5.50. The number of amides is 2. The molecule has 0 aliphatic carbocycles. The quantitative estimate of drug-likeness (QED) is 0.294. The van der Waals surface area contributed by atoms with Crippen molar-refractivity contribution < 1.29 is 28.9 Å². The van der Waals surface area contributed by atoms with E-state index in [1.165, 1.54) is 19.2 Å². The number of rotatable bonds is 7. The molecule has 0 bridgehead atoms. The van der Waals surface area contributed by atoms with Gasteiger partial charge in [0.2, 0.25) is 5.91 Å². The molecule has 0 spiro atoms. The van der Waals surface area contributed by atoms with Gasteiger partial charge in [0.25, 0.3) is 5.91 Å². The highest BCUT2D eigenvalue weighted by Crippen LogP contribution is 2.34. The Morgan fingerprint density at radius 1 is 1.06 bits per heavy atom. The summed E-state index contributed by atoms with van der Waals surface area (Å²) in [6.07, 6.45) is 0. The van der Waals surface area contributed by atoms with Crippen LogP contribution in [0.4, 0.5) is 4.39 Å². The number of aliphatic hydroxyl groups excluding tert-OH is 2. The van der Waals surface area contributed by atoms with Gasteiger partial charge in [-0.3, -0.25) is 9.59 Å². The van der Waals surface area contributed by atoms with Crippen LogP contribution in [0.25, 0.3) is 32.9 Å². The van der Waals surface area contributed by atoms with Gasteiger partial charge in [0.1, 0.15) is 0 Å². The summed E-state index contributed by atoms with van der Waals surface area (Å²) in [7, 11) is 1.37. The van der Waals surface area contributed by atoms with Crippen LogP contribution in [-0.2, 0) is 0 Å². The second-order valence-electron chi connectivity index (χ2n) is 7.58. The summed E-state index contributed by atoms with van der Waals surface area (Å²) < 4.78 is 19.4. The number of nitrogens with two attached hydrogens (primary N) is 1. The number of aromatic amines is 1. The molecule has 0 radical (unpaired) electrons. The molecule has 0 saturated heterocycles. The van der Waals surface area contributed by atoms with Crippen LogP contribution in [-0.4, -0.2) is 53.4 Å². The number of ether oxygens (including phenoxy) is 1. The van der Waals surface area contributed by atoms with E-state index < -0.39 is 36.9 Å². The number of methoxy groups -OCH3 is 1. The van der Waals surface area contributed by atoms with Crippen LogP contribution >= 0.6 is 0 Å². The van der Waals surface area contributed by atoms with E-state index in [0.29, 0.717) is 38.5 Å². The molecular formula is C24H22FN3O5. The average molecular weight is 451 g/mol. The van der Waals surface area contributed by atoms with Crippen molar-refractivity contribution >= 4 is 33.6 Å². The van der Waals surface area contributed by atoms with E-state index >= 15 is 0 Å². The van der Waals surface area contributed by atoms with Crippen LogP contribution in [0.1, 0.15) is 20.7 Å². The summed E-state index contributed by atoms with van der Waals surface area (Å²) in [5, 5.41) is 22.6. The first-order chi connectivity index (χ1) is 15.9. The summed E-state index contributed by atoms with van der Waals surface area (Å²) >= 11 is 0. The highest BCUT2D eigenvalue weighted by atomic mass is 19.1. The third-order valence-electron chi connectivity index (χ3n) is 5.50. The fourth-order valence-electron chi connectivity index (χ4n) is 3.76. The number of hydrogen-bond acceptors (Lipinski definition) is 5. The maximum absolute atomic E-state index is 14.4. The van der Waals surface area contributed by atoms with E-state index in [1.54, 1.807) is 36.4 Å². The van der Waals surface area contributed by atoms with Crippen molar-refractivity contribution in [3.8, 4) is 16.9 Å². The van der Waals surface area contributed by atoms with Crippen LogP contribution in [0.15, 0.2) is 48.5 Å². The molecule has 1 heterocycles. The predicted octanol–water partition coefficient (Wildman–Crippen LogP) is 2.32. The van der Waals surface area contributed by atoms with Gasteiger partial charge < -0.3 is 31.0 Å². The monoisotopic (exact) mass is 451 g/mol. The van der Waals surface area contributed by atoms with Crippen molar-refractivity contribution in [3.63, 3.8) is 0 Å². The standard InChI is InChI=1S/C24H22FN3O5/c1-33-21-5-3-12(9-19(21)25)14-7-17-16-6-13(23(26)31)2-4-20(16)28-22(17)18(8-14)24(32)27-15(10-29)11-30/h2-9,15,28-30H,10-11H2,1H3,(H2,26,31)(H,27,32). The molecule has 0 aliphatic heterocycles. The molecule has 4 aromatic rings. The maximum Gasteiger partial charge on any atom is 0.253 e. The van der Waals surface area contributed by atoms with E-state index in [0.717, 1.165) is 0 Å². The van der Waals surface area contributed by atoms with Gasteiger partial charge in [0, 0.05) is 21.9 Å². The topological polar surface area (TPSA) is 138 Å². The first-order valence-corrected chi connectivity index (χ1v) is 10.1. The highest BCUT2D eigenvalue weighted by Gasteiger charge is 2.20. The SMILES string of the molecule is COc1ccc(-c2cc(C(=O)NC(CO)CO)c3[nH]c4ccc(C(N)=O)cc4c3c2)cc1F. The molecule has 0 unspecified atom stereocenters. The Kier molecular flexibility index (Phi) is 5.99. The molecule has 0 fully saturated rings. The number of primary amides is 1. The number of benzene rings is 3. The molecule has 9 heteroatoms. The Hall–Kier alpha value is -3.95. The number of hydrogen-bond donors (Lipinski definition) is 5. The van der Waals surface area contributed by atoms with Crippen molar-refractivity contribution in [2.24, 2.45) is 5.73 Å². The zero-order chi connectivity index (χ0) is 23.7. The molecule has 0 saturated carbocycles. The number of nitrogens with one attached hydrogen (secondary N) is 2. The van der Waals surface area contributed by atoms with Gasteiger partial charge in [-0.2, -0.15) is 0 Å². The molecular weight excluding hydrogens is 429 g/mol. The van der Waals surface area contributed by atoms with Gasteiger partial charge in [0.05, 0.1) is 37.4 Å². The van der Waals surface area contributed by atoms with Gasteiger partial charge in [-0.25, -0.2) is 4.39 Å². The van der Waals surface area contributed by atoms with Crippen molar-refractivity contribution in [1.29, 1.82) is 0 Å². The first-order valence-electron chi connectivity index (χ1n) is 10.1. The Morgan fingerprint density at radius 2 is 1.82 bits per heavy atom. The minimum Gasteiger partial charge on any atom is -0.494 e. The molecule has 33 heavy (non-hydrogen) atoms. The smallest absolute Gasteiger partial charge is 0.253 e. The molecule has 0 aliphatic rings. The second-order valence-corrected chi connectivity index (χ2v) is 7.58. The number of halogens is 1. The lowest BCUT2D eigenvalue weighted by Crippen LogP contribution is -2.40. The van der Waals surface area contributed by atoms with E-state index in [9.17, 15) is 24.2 Å². The molecule has 3 aromatic carbocycles. The van der Waals surface area contributed by atoms with Crippen molar-refractivity contribution in [1.82, 2.24) is 10.3 Å². The van der Waals surface area contributed by atoms with Gasteiger partial charge in [0.15, 0.2) is 11.6 Å². The number of fused-ring (bicyclic) bond motifs is 3. The molecule has 6 N–H and O–H groups in total. The van der Waals surface area contributed by atoms with Crippen molar-refractivity contribution in [3.05, 3.63) is 65.5 Å². The minimum absolute atomic E-state index is 0.0877. The predicted molar refractivity (Wildman–Crippen MR) is 122 cm³/mol. The van der Waals surface area contributed by atoms with Gasteiger partial charge in [-0.1, -0.05) is 6.07 Å². The molecule has 4 rings (SSSR count). The number of aromatic nitrogens is 1. The number of H-pyrrole nitrogens is 1. The summed E-state index contributed by atoms with van der Waals surface area (Å²) in [6.45, 7) is -0.882. The fourth-order valence-corrected chi connectivity index (χ4v) is 3.76. The normalized spacial score (nSPS) is 11.3. The Labute approximate surface area is 187 Å². The first kappa shape index (κ1) is 22.3. The molecule has 0 atom stereocenters. The van der Waals surface area contributed by atoms with Gasteiger partial charge >= 0.3 is 0 Å². The van der Waals surface area contributed by atoms with E-state index in [4.69, 9.17) is 10.5 Å². The zero-order valence-electron chi connectivity index (χ0n) is 17.7.